The third-order valence-corrected chi connectivity index (χ3v) is 3.43. The van der Waals surface area contributed by atoms with Crippen LogP contribution < -0.4 is 16.4 Å². The van der Waals surface area contributed by atoms with Crippen LogP contribution in [0.15, 0.2) is 36.5 Å². The van der Waals surface area contributed by atoms with Gasteiger partial charge >= 0.3 is 0 Å². The quantitative estimate of drug-likeness (QED) is 0.783. The number of primary amides is 1. The third kappa shape index (κ3) is 2.48. The first kappa shape index (κ1) is 12.6. The number of aromatic nitrogens is 1. The maximum absolute atomic E-state index is 11.3. The zero-order chi connectivity index (χ0) is 13.9. The van der Waals surface area contributed by atoms with Crippen LogP contribution in [0, 0.1) is 0 Å². The molecule has 1 amide bonds. The average molecular weight is 268 g/mol. The van der Waals surface area contributed by atoms with Gasteiger partial charge < -0.3 is 16.4 Å². The van der Waals surface area contributed by atoms with Gasteiger partial charge in [0.05, 0.1) is 5.56 Å². The van der Waals surface area contributed by atoms with Crippen LogP contribution in [0.4, 0.5) is 5.82 Å². The lowest BCUT2D eigenvalue weighted by Gasteiger charge is -2.09. The fraction of sp³-hybridized carbons (Fsp3) is 0.200. The molecule has 4 N–H and O–H groups in total. The summed E-state index contributed by atoms with van der Waals surface area (Å²) in [5.74, 6) is 0.0531. The molecule has 5 nitrogen and oxygen atoms in total. The van der Waals surface area contributed by atoms with Crippen molar-refractivity contribution < 1.29 is 4.79 Å². The van der Waals surface area contributed by atoms with Crippen molar-refractivity contribution in [2.45, 2.75) is 19.6 Å². The number of benzene rings is 1. The zero-order valence-electron chi connectivity index (χ0n) is 11.0. The van der Waals surface area contributed by atoms with Gasteiger partial charge in [0.15, 0.2) is 0 Å². The van der Waals surface area contributed by atoms with Crippen molar-refractivity contribution >= 4 is 11.7 Å². The summed E-state index contributed by atoms with van der Waals surface area (Å²) in [6, 6.07) is 9.78. The summed E-state index contributed by atoms with van der Waals surface area (Å²) in [5, 5.41) is 6.49. The van der Waals surface area contributed by atoms with Crippen molar-refractivity contribution in [3.05, 3.63) is 58.8 Å². The SMILES string of the molecule is NC(=O)c1cccnc1NCc1ccc2c(c1)CNC2. The predicted molar refractivity (Wildman–Crippen MR) is 77.1 cm³/mol. The van der Waals surface area contributed by atoms with E-state index < -0.39 is 5.91 Å². The van der Waals surface area contributed by atoms with E-state index in [1.54, 1.807) is 18.3 Å². The third-order valence-electron chi connectivity index (χ3n) is 3.43. The molecule has 0 saturated carbocycles. The fourth-order valence-electron chi connectivity index (χ4n) is 2.39. The highest BCUT2D eigenvalue weighted by molar-refractivity contribution is 5.97. The van der Waals surface area contributed by atoms with Crippen molar-refractivity contribution in [2.75, 3.05) is 5.32 Å². The Morgan fingerprint density at radius 1 is 1.30 bits per heavy atom. The zero-order valence-corrected chi connectivity index (χ0v) is 11.0. The highest BCUT2D eigenvalue weighted by Gasteiger charge is 2.11. The molecule has 1 aliphatic rings. The minimum Gasteiger partial charge on any atom is -0.365 e. The molecule has 2 heterocycles. The molecule has 1 aromatic heterocycles. The predicted octanol–water partition coefficient (Wildman–Crippen LogP) is 1.40. The number of carbonyl (C=O) groups is 1. The number of amides is 1. The number of pyridine rings is 1. The lowest BCUT2D eigenvalue weighted by Crippen LogP contribution is -2.15. The van der Waals surface area contributed by atoms with E-state index in [9.17, 15) is 4.79 Å². The van der Waals surface area contributed by atoms with E-state index in [4.69, 9.17) is 5.73 Å². The largest absolute Gasteiger partial charge is 0.365 e. The van der Waals surface area contributed by atoms with Gasteiger partial charge in [-0.2, -0.15) is 0 Å². The van der Waals surface area contributed by atoms with Crippen molar-refractivity contribution in [1.29, 1.82) is 0 Å². The maximum Gasteiger partial charge on any atom is 0.252 e. The first-order chi connectivity index (χ1) is 9.74. The number of nitrogens with one attached hydrogen (secondary N) is 2. The summed E-state index contributed by atoms with van der Waals surface area (Å²) < 4.78 is 0. The Hall–Kier alpha value is -2.40. The van der Waals surface area contributed by atoms with Gasteiger partial charge in [-0.05, 0) is 28.8 Å². The molecule has 102 valence electrons. The van der Waals surface area contributed by atoms with Crippen LogP contribution in [0.25, 0.3) is 0 Å². The Morgan fingerprint density at radius 3 is 3.00 bits per heavy atom. The molecule has 20 heavy (non-hydrogen) atoms. The number of carbonyl (C=O) groups excluding carboxylic acids is 1. The van der Waals surface area contributed by atoms with Crippen LogP contribution in [0.1, 0.15) is 27.0 Å². The molecular weight excluding hydrogens is 252 g/mol. The Labute approximate surface area is 117 Å². The van der Waals surface area contributed by atoms with Crippen LogP contribution in [-0.2, 0) is 19.6 Å². The van der Waals surface area contributed by atoms with Gasteiger partial charge in [-0.15, -0.1) is 0 Å². The maximum atomic E-state index is 11.3. The monoisotopic (exact) mass is 268 g/mol. The van der Waals surface area contributed by atoms with Gasteiger partial charge in [0.2, 0.25) is 0 Å². The standard InChI is InChI=1S/C15H16N4O/c16-14(20)13-2-1-5-18-15(13)19-7-10-3-4-11-8-17-9-12(11)6-10/h1-6,17H,7-9H2,(H2,16,20)(H,18,19). The molecule has 0 atom stereocenters. The van der Waals surface area contributed by atoms with Crippen LogP contribution in [0.3, 0.4) is 0 Å². The van der Waals surface area contributed by atoms with Gasteiger partial charge in [0.25, 0.3) is 5.91 Å². The van der Waals surface area contributed by atoms with Gasteiger partial charge in [0, 0.05) is 25.8 Å². The lowest BCUT2D eigenvalue weighted by atomic mass is 10.1. The number of hydrogen-bond acceptors (Lipinski definition) is 4. The summed E-state index contributed by atoms with van der Waals surface area (Å²) in [4.78, 5) is 15.5. The Morgan fingerprint density at radius 2 is 2.15 bits per heavy atom. The van der Waals surface area contributed by atoms with Crippen LogP contribution in [-0.4, -0.2) is 10.9 Å². The second-order valence-corrected chi connectivity index (χ2v) is 4.82. The highest BCUT2D eigenvalue weighted by Crippen LogP contribution is 2.18. The summed E-state index contributed by atoms with van der Waals surface area (Å²) >= 11 is 0. The van der Waals surface area contributed by atoms with Crippen molar-refractivity contribution in [3.8, 4) is 0 Å². The minimum atomic E-state index is -0.473. The molecule has 0 unspecified atom stereocenters. The average Bonchev–Trinajstić information content (AvgIpc) is 2.92. The first-order valence-electron chi connectivity index (χ1n) is 6.54. The van der Waals surface area contributed by atoms with Gasteiger partial charge in [-0.3, -0.25) is 4.79 Å². The number of nitrogens with zero attached hydrogens (tertiary/aromatic N) is 1. The molecule has 5 heteroatoms. The number of fused-ring (bicyclic) bond motifs is 1. The molecule has 1 aromatic carbocycles. The van der Waals surface area contributed by atoms with Crippen LogP contribution in [0.5, 0.6) is 0 Å². The topological polar surface area (TPSA) is 80.0 Å². The number of rotatable bonds is 4. The number of hydrogen-bond donors (Lipinski definition) is 3. The molecule has 0 aliphatic carbocycles. The van der Waals surface area contributed by atoms with Crippen molar-refractivity contribution in [3.63, 3.8) is 0 Å². The van der Waals surface area contributed by atoms with E-state index in [1.807, 2.05) is 0 Å². The summed E-state index contributed by atoms with van der Waals surface area (Å²) in [7, 11) is 0. The van der Waals surface area contributed by atoms with Gasteiger partial charge in [-0.25, -0.2) is 4.98 Å². The molecule has 0 saturated heterocycles. The van der Waals surface area contributed by atoms with E-state index in [1.165, 1.54) is 11.1 Å². The molecular formula is C15H16N4O. The fourth-order valence-corrected chi connectivity index (χ4v) is 2.39. The molecule has 0 bridgehead atoms. The highest BCUT2D eigenvalue weighted by atomic mass is 16.1. The van der Waals surface area contributed by atoms with Crippen LogP contribution >= 0.6 is 0 Å². The van der Waals surface area contributed by atoms with E-state index in [0.29, 0.717) is 17.9 Å². The lowest BCUT2D eigenvalue weighted by molar-refractivity contribution is 0.100. The van der Waals surface area contributed by atoms with Gasteiger partial charge in [0.1, 0.15) is 5.82 Å². The Balaban J connectivity index is 1.75. The van der Waals surface area contributed by atoms with E-state index in [0.717, 1.165) is 18.7 Å². The molecule has 0 fully saturated rings. The summed E-state index contributed by atoms with van der Waals surface area (Å²) in [5.41, 5.74) is 9.59. The molecule has 3 rings (SSSR count). The Bertz CT molecular complexity index is 654. The molecule has 2 aromatic rings. The molecule has 1 aliphatic heterocycles. The molecule has 0 spiro atoms. The summed E-state index contributed by atoms with van der Waals surface area (Å²) in [6.07, 6.45) is 1.64. The van der Waals surface area contributed by atoms with E-state index >= 15 is 0 Å². The van der Waals surface area contributed by atoms with E-state index in [2.05, 4.69) is 33.8 Å². The Kier molecular flexibility index (Phi) is 3.35. The van der Waals surface area contributed by atoms with Crippen molar-refractivity contribution in [2.24, 2.45) is 5.73 Å². The van der Waals surface area contributed by atoms with Gasteiger partial charge in [-0.1, -0.05) is 18.2 Å². The second kappa shape index (κ2) is 5.30. The smallest absolute Gasteiger partial charge is 0.252 e. The normalized spacial score (nSPS) is 13.0. The number of nitrogens with two attached hydrogens (primary N) is 1. The summed E-state index contributed by atoms with van der Waals surface area (Å²) in [6.45, 7) is 2.47. The molecule has 0 radical (unpaired) electrons. The second-order valence-electron chi connectivity index (χ2n) is 4.82. The minimum absolute atomic E-state index is 0.412. The van der Waals surface area contributed by atoms with Crippen molar-refractivity contribution in [1.82, 2.24) is 10.3 Å². The van der Waals surface area contributed by atoms with E-state index in [-0.39, 0.29) is 0 Å². The first-order valence-corrected chi connectivity index (χ1v) is 6.54. The number of anilines is 1. The van der Waals surface area contributed by atoms with Crippen LogP contribution in [0.2, 0.25) is 0 Å².